The van der Waals surface area contributed by atoms with Gasteiger partial charge in [0, 0.05) is 17.7 Å². The van der Waals surface area contributed by atoms with E-state index < -0.39 is 16.6 Å². The minimum absolute atomic E-state index is 0.0101. The lowest BCUT2D eigenvalue weighted by Crippen LogP contribution is -2.03. The highest BCUT2D eigenvalue weighted by atomic mass is 19.1. The van der Waals surface area contributed by atoms with Gasteiger partial charge in [0.15, 0.2) is 5.76 Å². The maximum atomic E-state index is 13.8. The largest absolute Gasteiger partial charge is 0.488 e. The van der Waals surface area contributed by atoms with E-state index in [1.165, 1.54) is 42.5 Å². The van der Waals surface area contributed by atoms with Gasteiger partial charge in [-0.1, -0.05) is 18.2 Å². The highest BCUT2D eigenvalue weighted by Gasteiger charge is 2.30. The van der Waals surface area contributed by atoms with E-state index in [4.69, 9.17) is 9.47 Å². The number of benzene rings is 3. The summed E-state index contributed by atoms with van der Waals surface area (Å²) in [5, 5.41) is 10.9. The number of hydrogen-bond acceptors (Lipinski definition) is 5. The molecule has 0 bridgehead atoms. The van der Waals surface area contributed by atoms with Gasteiger partial charge in [0.2, 0.25) is 5.78 Å². The molecule has 1 aliphatic rings. The van der Waals surface area contributed by atoms with Crippen LogP contribution in [0.15, 0.2) is 60.4 Å². The quantitative estimate of drug-likeness (QED) is 0.313. The molecular formula is C23H15F2NO5. The Morgan fingerprint density at radius 2 is 1.81 bits per heavy atom. The molecule has 1 heterocycles. The molecule has 3 aromatic carbocycles. The third kappa shape index (κ3) is 3.87. The predicted molar refractivity (Wildman–Crippen MR) is 108 cm³/mol. The molecule has 0 saturated heterocycles. The van der Waals surface area contributed by atoms with Crippen molar-refractivity contribution >= 4 is 17.5 Å². The first-order valence-corrected chi connectivity index (χ1v) is 9.23. The molecule has 8 heteroatoms. The Morgan fingerprint density at radius 3 is 2.52 bits per heavy atom. The smallest absolute Gasteiger partial charge is 0.270 e. The van der Waals surface area contributed by atoms with Gasteiger partial charge in [-0.05, 0) is 42.8 Å². The number of ketones is 1. The second-order valence-electron chi connectivity index (χ2n) is 6.85. The summed E-state index contributed by atoms with van der Waals surface area (Å²) in [6, 6.07) is 12.4. The molecule has 31 heavy (non-hydrogen) atoms. The molecule has 0 amide bonds. The van der Waals surface area contributed by atoms with Crippen molar-refractivity contribution in [3.05, 3.63) is 104 Å². The van der Waals surface area contributed by atoms with E-state index in [1.54, 1.807) is 13.0 Å². The molecule has 0 spiro atoms. The highest BCUT2D eigenvalue weighted by Crippen LogP contribution is 2.39. The van der Waals surface area contributed by atoms with Crippen LogP contribution in [-0.2, 0) is 6.61 Å². The van der Waals surface area contributed by atoms with Gasteiger partial charge in [-0.2, -0.15) is 0 Å². The summed E-state index contributed by atoms with van der Waals surface area (Å²) in [6.45, 7) is 1.33. The first-order chi connectivity index (χ1) is 14.8. The van der Waals surface area contributed by atoms with Crippen molar-refractivity contribution in [3.63, 3.8) is 0 Å². The van der Waals surface area contributed by atoms with Gasteiger partial charge < -0.3 is 9.47 Å². The molecular weight excluding hydrogens is 408 g/mol. The fraction of sp³-hybridized carbons (Fsp3) is 0.0870. The van der Waals surface area contributed by atoms with Crippen LogP contribution in [0.5, 0.6) is 11.5 Å². The molecule has 6 nitrogen and oxygen atoms in total. The van der Waals surface area contributed by atoms with Gasteiger partial charge in [-0.25, -0.2) is 8.78 Å². The van der Waals surface area contributed by atoms with E-state index in [9.17, 15) is 23.7 Å². The Balaban J connectivity index is 1.59. The first kappa shape index (κ1) is 20.2. The van der Waals surface area contributed by atoms with Crippen LogP contribution in [-0.4, -0.2) is 10.7 Å². The lowest BCUT2D eigenvalue weighted by atomic mass is 10.1. The number of fused-ring (bicyclic) bond motifs is 1. The average Bonchev–Trinajstić information content (AvgIpc) is 3.05. The maximum absolute atomic E-state index is 13.8. The van der Waals surface area contributed by atoms with E-state index >= 15 is 0 Å². The van der Waals surface area contributed by atoms with Crippen molar-refractivity contribution in [2.45, 2.75) is 13.5 Å². The number of nitro groups is 1. The molecule has 0 N–H and O–H groups in total. The van der Waals surface area contributed by atoms with E-state index in [-0.39, 0.29) is 35.1 Å². The van der Waals surface area contributed by atoms with E-state index in [0.29, 0.717) is 22.4 Å². The summed E-state index contributed by atoms with van der Waals surface area (Å²) < 4.78 is 38.9. The molecule has 0 saturated carbocycles. The van der Waals surface area contributed by atoms with Crippen LogP contribution in [0, 0.1) is 28.7 Å². The zero-order valence-electron chi connectivity index (χ0n) is 16.2. The van der Waals surface area contributed by atoms with Crippen LogP contribution in [0.1, 0.15) is 27.0 Å². The minimum Gasteiger partial charge on any atom is -0.488 e. The Hall–Kier alpha value is -4.07. The number of nitrogens with zero attached hydrogens (tertiary/aromatic N) is 1. The SMILES string of the molecule is Cc1c(OCc2c(F)cccc2F)ccc2c1O/C(=C\c1cccc([N+](=O)[O-])c1)C2=O. The van der Waals surface area contributed by atoms with Gasteiger partial charge in [0.05, 0.1) is 16.1 Å². The van der Waals surface area contributed by atoms with Crippen LogP contribution in [0.4, 0.5) is 14.5 Å². The zero-order valence-corrected chi connectivity index (χ0v) is 16.2. The van der Waals surface area contributed by atoms with Crippen molar-refractivity contribution in [2.75, 3.05) is 0 Å². The zero-order chi connectivity index (χ0) is 22.1. The summed E-state index contributed by atoms with van der Waals surface area (Å²) in [4.78, 5) is 23.1. The number of rotatable bonds is 5. The van der Waals surface area contributed by atoms with Crippen molar-refractivity contribution in [1.29, 1.82) is 0 Å². The van der Waals surface area contributed by atoms with Crippen molar-refractivity contribution in [2.24, 2.45) is 0 Å². The van der Waals surface area contributed by atoms with Crippen LogP contribution < -0.4 is 9.47 Å². The van der Waals surface area contributed by atoms with Gasteiger partial charge >= 0.3 is 0 Å². The molecule has 3 aromatic rings. The number of ether oxygens (including phenoxy) is 2. The van der Waals surface area contributed by atoms with E-state index in [1.807, 2.05) is 0 Å². The molecule has 0 radical (unpaired) electrons. The Kier molecular flexibility index (Phi) is 5.21. The third-order valence-corrected chi connectivity index (χ3v) is 4.85. The number of nitro benzene ring substituents is 1. The maximum Gasteiger partial charge on any atom is 0.270 e. The normalized spacial score (nSPS) is 13.8. The summed E-state index contributed by atoms with van der Waals surface area (Å²) >= 11 is 0. The number of carbonyl (C=O) groups is 1. The standard InChI is InChI=1S/C23H15F2NO5/c1-13-20(30-12-17-18(24)6-3-7-19(17)25)9-8-16-22(27)21(31-23(13)16)11-14-4-2-5-15(10-14)26(28)29/h2-11H,12H2,1H3/b21-11-. The van der Waals surface area contributed by atoms with Crippen LogP contribution in [0.2, 0.25) is 0 Å². The Morgan fingerprint density at radius 1 is 1.10 bits per heavy atom. The molecule has 0 aliphatic carbocycles. The number of hydrogen-bond donors (Lipinski definition) is 0. The summed E-state index contributed by atoms with van der Waals surface area (Å²) in [5.41, 5.74) is 0.924. The molecule has 1 aliphatic heterocycles. The lowest BCUT2D eigenvalue weighted by molar-refractivity contribution is -0.384. The van der Waals surface area contributed by atoms with E-state index in [2.05, 4.69) is 0 Å². The number of halogens is 2. The van der Waals surface area contributed by atoms with Gasteiger partial charge in [-0.3, -0.25) is 14.9 Å². The van der Waals surface area contributed by atoms with Gasteiger partial charge in [-0.15, -0.1) is 0 Å². The number of Topliss-reactive ketones (excluding diaryl/α,β-unsaturated/α-hetero) is 1. The molecule has 0 fully saturated rings. The monoisotopic (exact) mass is 423 g/mol. The first-order valence-electron chi connectivity index (χ1n) is 9.23. The minimum atomic E-state index is -0.715. The Labute approximate surface area is 175 Å². The fourth-order valence-electron chi connectivity index (χ4n) is 3.22. The topological polar surface area (TPSA) is 78.7 Å². The molecule has 4 rings (SSSR count). The molecule has 156 valence electrons. The fourth-order valence-corrected chi connectivity index (χ4v) is 3.22. The second kappa shape index (κ2) is 7.98. The summed E-state index contributed by atoms with van der Waals surface area (Å²) in [7, 11) is 0. The summed E-state index contributed by atoms with van der Waals surface area (Å²) in [5.74, 6) is -1.22. The number of allylic oxidation sites excluding steroid dienone is 1. The summed E-state index contributed by atoms with van der Waals surface area (Å²) in [6.07, 6.45) is 1.42. The lowest BCUT2D eigenvalue weighted by Gasteiger charge is -2.12. The average molecular weight is 423 g/mol. The number of carbonyl (C=O) groups excluding carboxylic acids is 1. The predicted octanol–water partition coefficient (Wildman–Crippen LogP) is 5.38. The number of non-ortho nitro benzene ring substituents is 1. The molecule has 0 aromatic heterocycles. The third-order valence-electron chi connectivity index (χ3n) is 4.85. The van der Waals surface area contributed by atoms with Crippen molar-refractivity contribution in [3.8, 4) is 11.5 Å². The van der Waals surface area contributed by atoms with Gasteiger partial charge in [0.25, 0.3) is 5.69 Å². The molecule has 0 unspecified atom stereocenters. The Bertz CT molecular complexity index is 1230. The van der Waals surface area contributed by atoms with Crippen molar-refractivity contribution in [1.82, 2.24) is 0 Å². The highest BCUT2D eigenvalue weighted by molar-refractivity contribution is 6.15. The van der Waals surface area contributed by atoms with E-state index in [0.717, 1.165) is 12.1 Å². The van der Waals surface area contributed by atoms with Crippen LogP contribution in [0.3, 0.4) is 0 Å². The van der Waals surface area contributed by atoms with Crippen LogP contribution in [0.25, 0.3) is 6.08 Å². The second-order valence-corrected chi connectivity index (χ2v) is 6.85. The molecule has 0 atom stereocenters. The van der Waals surface area contributed by atoms with Crippen LogP contribution >= 0.6 is 0 Å². The van der Waals surface area contributed by atoms with Crippen molar-refractivity contribution < 1.29 is 28.0 Å². The van der Waals surface area contributed by atoms with Gasteiger partial charge in [0.1, 0.15) is 29.7 Å².